The minimum atomic E-state index is -0.0162. The van der Waals surface area contributed by atoms with Gasteiger partial charge in [-0.1, -0.05) is 97.6 Å². The van der Waals surface area contributed by atoms with Crippen molar-refractivity contribution < 1.29 is 9.59 Å². The maximum absolute atomic E-state index is 11.1. The molecular formula is C18H19Br3O2. The van der Waals surface area contributed by atoms with E-state index in [2.05, 4.69) is 66.8 Å². The van der Waals surface area contributed by atoms with E-state index in [0.29, 0.717) is 10.7 Å². The molecule has 2 nitrogen and oxygen atoms in total. The van der Waals surface area contributed by atoms with Crippen molar-refractivity contribution >= 4 is 58.3 Å². The molecule has 2 aromatic carbocycles. The van der Waals surface area contributed by atoms with Crippen molar-refractivity contribution in [1.82, 2.24) is 0 Å². The fraction of sp³-hybridized carbons (Fsp3) is 0.222. The lowest BCUT2D eigenvalue weighted by atomic mass is 10.1. The van der Waals surface area contributed by atoms with Gasteiger partial charge in [0.25, 0.3) is 0 Å². The van der Waals surface area contributed by atoms with Crippen molar-refractivity contribution in [2.24, 2.45) is 0 Å². The molecule has 0 atom stereocenters. The number of alkyl halides is 2. The van der Waals surface area contributed by atoms with Crippen LogP contribution in [-0.4, -0.2) is 21.1 Å². The molecule has 0 aliphatic heterocycles. The predicted octanol–water partition coefficient (Wildman–Crippen LogP) is 5.87. The van der Waals surface area contributed by atoms with Gasteiger partial charge in [-0.3, -0.25) is 9.59 Å². The van der Waals surface area contributed by atoms with Crippen LogP contribution in [0.3, 0.4) is 0 Å². The first-order chi connectivity index (χ1) is 10.9. The fourth-order valence-electron chi connectivity index (χ4n) is 1.35. The summed E-state index contributed by atoms with van der Waals surface area (Å²) in [5, 5.41) is 0.795. The van der Waals surface area contributed by atoms with Gasteiger partial charge in [-0.15, -0.1) is 0 Å². The molecule has 0 unspecified atom stereocenters. The van der Waals surface area contributed by atoms with Crippen LogP contribution in [0.4, 0.5) is 0 Å². The number of carbonyl (C=O) groups excluding carboxylic acids is 2. The molecule has 0 amide bonds. The van der Waals surface area contributed by atoms with E-state index >= 15 is 0 Å². The topological polar surface area (TPSA) is 34.1 Å². The molecule has 124 valence electrons. The Morgan fingerprint density at radius 3 is 1.52 bits per heavy atom. The Morgan fingerprint density at radius 2 is 1.22 bits per heavy atom. The van der Waals surface area contributed by atoms with Crippen molar-refractivity contribution in [3.63, 3.8) is 0 Å². The van der Waals surface area contributed by atoms with Crippen LogP contribution in [0.2, 0.25) is 0 Å². The fourth-order valence-corrected chi connectivity index (χ4v) is 1.67. The molecule has 0 saturated carbocycles. The number of hydrogen-bond donors (Lipinski definition) is 0. The smallest absolute Gasteiger partial charge is 0.208 e. The Kier molecular flexibility index (Phi) is 13.2. The second-order valence-electron chi connectivity index (χ2n) is 4.57. The van der Waals surface area contributed by atoms with Crippen LogP contribution in [-0.2, 0) is 4.79 Å². The third-order valence-electron chi connectivity index (χ3n) is 2.54. The second kappa shape index (κ2) is 13.6. The van der Waals surface area contributed by atoms with E-state index in [1.54, 1.807) is 0 Å². The molecule has 23 heavy (non-hydrogen) atoms. The summed E-state index contributed by atoms with van der Waals surface area (Å²) in [6, 6.07) is 17.8. The van der Waals surface area contributed by atoms with Gasteiger partial charge < -0.3 is 0 Å². The van der Waals surface area contributed by atoms with E-state index < -0.39 is 0 Å². The molecule has 0 N–H and O–H groups in total. The largest absolute Gasteiger partial charge is 0.293 e. The molecule has 0 radical (unpaired) electrons. The minimum absolute atomic E-state index is 0.0162. The molecular weight excluding hydrogens is 488 g/mol. The van der Waals surface area contributed by atoms with Crippen LogP contribution in [0.1, 0.15) is 21.5 Å². The highest BCUT2D eigenvalue weighted by Crippen LogP contribution is 2.04. The first-order valence-electron chi connectivity index (χ1n) is 6.82. The summed E-state index contributed by atoms with van der Waals surface area (Å²) in [6.45, 7) is 4.09. The van der Waals surface area contributed by atoms with Crippen molar-refractivity contribution in [3.05, 3.63) is 71.3 Å². The van der Waals surface area contributed by atoms with Crippen LogP contribution in [0.5, 0.6) is 0 Å². The summed E-state index contributed by atoms with van der Waals surface area (Å²) in [5.74, 6) is 0.130. The van der Waals surface area contributed by atoms with Crippen molar-refractivity contribution in [2.75, 3.05) is 10.7 Å². The summed E-state index contributed by atoms with van der Waals surface area (Å²) < 4.78 is -0.0162. The molecule has 0 saturated heterocycles. The number of halogens is 3. The standard InChI is InChI=1S/C9H9BrO.C7H8.C2H2Br2O/c1-7-2-4-8(5-3-7)9(11)6-10;1-7-5-3-2-4-6-7;3-1-2(4)5/h2-5H,6H2,1H3;2-6H,1H3;1H2. The zero-order valence-corrected chi connectivity index (χ0v) is 17.8. The minimum Gasteiger partial charge on any atom is -0.293 e. The Balaban J connectivity index is 0.000000347. The van der Waals surface area contributed by atoms with Gasteiger partial charge in [-0.2, -0.15) is 0 Å². The molecule has 2 rings (SSSR count). The molecule has 0 aromatic heterocycles. The molecule has 5 heteroatoms. The lowest BCUT2D eigenvalue weighted by Crippen LogP contribution is -1.98. The summed E-state index contributed by atoms with van der Waals surface area (Å²) in [6.07, 6.45) is 0. The molecule has 0 aliphatic rings. The number of hydrogen-bond acceptors (Lipinski definition) is 2. The van der Waals surface area contributed by atoms with Gasteiger partial charge in [0, 0.05) is 5.56 Å². The highest BCUT2D eigenvalue weighted by molar-refractivity contribution is 9.19. The van der Waals surface area contributed by atoms with Crippen molar-refractivity contribution in [1.29, 1.82) is 0 Å². The highest BCUT2D eigenvalue weighted by atomic mass is 79.9. The Hall–Kier alpha value is -0.780. The van der Waals surface area contributed by atoms with Crippen molar-refractivity contribution in [2.45, 2.75) is 13.8 Å². The van der Waals surface area contributed by atoms with Gasteiger partial charge in [-0.25, -0.2) is 0 Å². The van der Waals surface area contributed by atoms with E-state index in [1.165, 1.54) is 11.1 Å². The third kappa shape index (κ3) is 12.3. The van der Waals surface area contributed by atoms with Gasteiger partial charge in [0.05, 0.1) is 10.7 Å². The van der Waals surface area contributed by atoms with Crippen molar-refractivity contribution in [3.8, 4) is 0 Å². The molecule has 0 bridgehead atoms. The van der Waals surface area contributed by atoms with E-state index in [-0.39, 0.29) is 10.5 Å². The van der Waals surface area contributed by atoms with E-state index in [1.807, 2.05) is 49.4 Å². The highest BCUT2D eigenvalue weighted by Gasteiger charge is 2.00. The number of carbonyl (C=O) groups is 2. The lowest BCUT2D eigenvalue weighted by Gasteiger charge is -1.96. The number of ketones is 1. The monoisotopic (exact) mass is 504 g/mol. The molecule has 2 aromatic rings. The van der Waals surface area contributed by atoms with Crippen LogP contribution >= 0.6 is 47.8 Å². The first-order valence-corrected chi connectivity index (χ1v) is 9.86. The maximum Gasteiger partial charge on any atom is 0.208 e. The van der Waals surface area contributed by atoms with Gasteiger partial charge in [0.15, 0.2) is 5.78 Å². The molecule has 0 aliphatic carbocycles. The zero-order valence-electron chi connectivity index (χ0n) is 13.1. The van der Waals surface area contributed by atoms with Crippen LogP contribution in [0.25, 0.3) is 0 Å². The summed E-state index contributed by atoms with van der Waals surface area (Å²) in [7, 11) is 0. The maximum atomic E-state index is 11.1. The quantitative estimate of drug-likeness (QED) is 0.296. The normalized spacial score (nSPS) is 8.91. The lowest BCUT2D eigenvalue weighted by molar-refractivity contribution is -0.108. The number of Topliss-reactive ketones (excluding diaryl/α,β-unsaturated/α-hetero) is 1. The first kappa shape index (κ1) is 22.2. The zero-order chi connectivity index (χ0) is 17.7. The van der Waals surface area contributed by atoms with E-state index in [9.17, 15) is 9.59 Å². The second-order valence-corrected chi connectivity index (χ2v) is 6.57. The molecule has 0 heterocycles. The Morgan fingerprint density at radius 1 is 0.783 bits per heavy atom. The number of rotatable bonds is 3. The van der Waals surface area contributed by atoms with Crippen LogP contribution in [0, 0.1) is 13.8 Å². The Bertz CT molecular complexity index is 581. The predicted molar refractivity (Wildman–Crippen MR) is 108 cm³/mol. The average Bonchev–Trinajstić information content (AvgIpc) is 2.56. The third-order valence-corrected chi connectivity index (χ3v) is 4.59. The van der Waals surface area contributed by atoms with E-state index in [0.717, 1.165) is 5.56 Å². The van der Waals surface area contributed by atoms with Crippen LogP contribution in [0.15, 0.2) is 54.6 Å². The summed E-state index contributed by atoms with van der Waals surface area (Å²) >= 11 is 8.73. The SMILES string of the molecule is Cc1ccc(C(=O)CBr)cc1.Cc1ccccc1.O=C(Br)CBr. The average molecular weight is 507 g/mol. The van der Waals surface area contributed by atoms with Gasteiger partial charge in [0.2, 0.25) is 4.69 Å². The Labute approximate surface area is 163 Å². The summed E-state index contributed by atoms with van der Waals surface area (Å²) in [4.78, 5) is 20.8. The summed E-state index contributed by atoms with van der Waals surface area (Å²) in [5.41, 5.74) is 3.27. The molecule has 0 fully saturated rings. The number of aryl methyl sites for hydroxylation is 2. The van der Waals surface area contributed by atoms with Gasteiger partial charge in [-0.05, 0) is 29.8 Å². The number of benzene rings is 2. The van der Waals surface area contributed by atoms with E-state index in [4.69, 9.17) is 0 Å². The molecule has 0 spiro atoms. The van der Waals surface area contributed by atoms with Gasteiger partial charge in [0.1, 0.15) is 0 Å². The van der Waals surface area contributed by atoms with Gasteiger partial charge >= 0.3 is 0 Å². The van der Waals surface area contributed by atoms with Crippen LogP contribution < -0.4 is 0 Å².